The maximum Gasteiger partial charge on any atom is 0.304 e. The number of rotatable bonds is 2. The molecule has 0 spiro atoms. The SMILES string of the molecule is C=C[C@H](C#N)OC(C)=O. The first-order valence-corrected chi connectivity index (χ1v) is 2.40. The lowest BCUT2D eigenvalue weighted by Gasteiger charge is -2.00. The molecular weight excluding hydrogens is 118 g/mol. The van der Waals surface area contributed by atoms with Crippen molar-refractivity contribution in [3.05, 3.63) is 12.7 Å². The first kappa shape index (κ1) is 7.70. The fourth-order valence-electron chi connectivity index (χ4n) is 0.306. The van der Waals surface area contributed by atoms with Crippen LogP contribution in [0.15, 0.2) is 12.7 Å². The van der Waals surface area contributed by atoms with Crippen molar-refractivity contribution in [3.8, 4) is 6.07 Å². The fraction of sp³-hybridized carbons (Fsp3) is 0.333. The van der Waals surface area contributed by atoms with Gasteiger partial charge in [-0.25, -0.2) is 0 Å². The van der Waals surface area contributed by atoms with Gasteiger partial charge in [-0.1, -0.05) is 6.58 Å². The summed E-state index contributed by atoms with van der Waals surface area (Å²) in [5, 5.41) is 8.18. The van der Waals surface area contributed by atoms with Crippen molar-refractivity contribution in [2.24, 2.45) is 0 Å². The Bertz CT molecular complexity index is 157. The van der Waals surface area contributed by atoms with Gasteiger partial charge >= 0.3 is 5.97 Å². The molecule has 1 atom stereocenters. The van der Waals surface area contributed by atoms with E-state index in [0.29, 0.717) is 0 Å². The predicted molar refractivity (Wildman–Crippen MR) is 31.4 cm³/mol. The van der Waals surface area contributed by atoms with Crippen LogP contribution in [0.2, 0.25) is 0 Å². The van der Waals surface area contributed by atoms with Crippen molar-refractivity contribution in [3.63, 3.8) is 0 Å². The molecule has 3 heteroatoms. The van der Waals surface area contributed by atoms with Crippen LogP contribution in [0.1, 0.15) is 6.92 Å². The molecule has 0 saturated heterocycles. The van der Waals surface area contributed by atoms with Crippen LogP contribution in [0, 0.1) is 11.3 Å². The highest BCUT2D eigenvalue weighted by molar-refractivity contribution is 5.66. The van der Waals surface area contributed by atoms with E-state index in [4.69, 9.17) is 5.26 Å². The molecule has 0 N–H and O–H groups in total. The molecular formula is C6H7NO2. The number of hydrogen-bond donors (Lipinski definition) is 0. The summed E-state index contributed by atoms with van der Waals surface area (Å²) in [7, 11) is 0. The van der Waals surface area contributed by atoms with E-state index >= 15 is 0 Å². The normalized spacial score (nSPS) is 11.1. The van der Waals surface area contributed by atoms with Gasteiger partial charge in [-0.3, -0.25) is 4.79 Å². The highest BCUT2D eigenvalue weighted by Gasteiger charge is 2.02. The van der Waals surface area contributed by atoms with Gasteiger partial charge in [0.15, 0.2) is 0 Å². The Morgan fingerprint density at radius 3 is 2.67 bits per heavy atom. The van der Waals surface area contributed by atoms with Crippen LogP contribution in [0.4, 0.5) is 0 Å². The summed E-state index contributed by atoms with van der Waals surface area (Å²) in [5.74, 6) is -0.471. The maximum absolute atomic E-state index is 10.2. The summed E-state index contributed by atoms with van der Waals surface area (Å²) in [6.07, 6.45) is 0.462. The molecule has 0 heterocycles. The van der Waals surface area contributed by atoms with Crippen LogP contribution in [0.3, 0.4) is 0 Å². The highest BCUT2D eigenvalue weighted by Crippen LogP contribution is 1.89. The zero-order valence-electron chi connectivity index (χ0n) is 5.13. The molecule has 0 amide bonds. The highest BCUT2D eigenvalue weighted by atomic mass is 16.5. The van der Waals surface area contributed by atoms with Crippen molar-refractivity contribution in [1.82, 2.24) is 0 Å². The molecule has 0 saturated carbocycles. The first-order valence-electron chi connectivity index (χ1n) is 2.40. The van der Waals surface area contributed by atoms with Crippen molar-refractivity contribution in [2.75, 3.05) is 0 Å². The molecule has 0 aromatic heterocycles. The van der Waals surface area contributed by atoms with E-state index in [9.17, 15) is 4.79 Å². The van der Waals surface area contributed by atoms with Crippen molar-refractivity contribution >= 4 is 5.97 Å². The minimum Gasteiger partial charge on any atom is -0.443 e. The molecule has 0 fully saturated rings. The molecule has 0 bridgehead atoms. The Morgan fingerprint density at radius 2 is 2.56 bits per heavy atom. The van der Waals surface area contributed by atoms with Gasteiger partial charge in [0.05, 0.1) is 0 Å². The summed E-state index contributed by atoms with van der Waals surface area (Å²) in [6.45, 7) is 4.53. The number of hydrogen-bond acceptors (Lipinski definition) is 3. The van der Waals surface area contributed by atoms with Gasteiger partial charge < -0.3 is 4.74 Å². The summed E-state index contributed by atoms with van der Waals surface area (Å²) >= 11 is 0. The Hall–Kier alpha value is -1.30. The molecule has 9 heavy (non-hydrogen) atoms. The van der Waals surface area contributed by atoms with Gasteiger partial charge in [0.2, 0.25) is 6.10 Å². The average Bonchev–Trinajstić information content (AvgIpc) is 1.82. The lowest BCUT2D eigenvalue weighted by Crippen LogP contribution is -2.10. The van der Waals surface area contributed by atoms with Crippen molar-refractivity contribution in [1.29, 1.82) is 5.26 Å². The smallest absolute Gasteiger partial charge is 0.304 e. The molecule has 0 aliphatic heterocycles. The van der Waals surface area contributed by atoms with Gasteiger partial charge in [-0.15, -0.1) is 0 Å². The van der Waals surface area contributed by atoms with E-state index in [0.717, 1.165) is 0 Å². The predicted octanol–water partition coefficient (Wildman–Crippen LogP) is 0.628. The van der Waals surface area contributed by atoms with Crippen LogP contribution >= 0.6 is 0 Å². The third-order valence-corrected chi connectivity index (χ3v) is 0.634. The topological polar surface area (TPSA) is 50.1 Å². The standard InChI is InChI=1S/C6H7NO2/c1-3-6(4-7)9-5(2)8/h3,6H,1H2,2H3/t6-/m1/s1. The van der Waals surface area contributed by atoms with Crippen LogP contribution in [0.25, 0.3) is 0 Å². The monoisotopic (exact) mass is 125 g/mol. The number of carbonyl (C=O) groups is 1. The van der Waals surface area contributed by atoms with Crippen molar-refractivity contribution in [2.45, 2.75) is 13.0 Å². The quantitative estimate of drug-likeness (QED) is 0.401. The Labute approximate surface area is 53.5 Å². The molecule has 0 rings (SSSR count). The van der Waals surface area contributed by atoms with Crippen LogP contribution in [0.5, 0.6) is 0 Å². The summed E-state index contributed by atoms with van der Waals surface area (Å²) in [5.41, 5.74) is 0. The van der Waals surface area contributed by atoms with Crippen LogP contribution in [-0.2, 0) is 9.53 Å². The van der Waals surface area contributed by atoms with Crippen LogP contribution < -0.4 is 0 Å². The Balaban J connectivity index is 3.73. The Morgan fingerprint density at radius 1 is 2.00 bits per heavy atom. The second-order valence-electron chi connectivity index (χ2n) is 1.39. The maximum atomic E-state index is 10.2. The van der Waals surface area contributed by atoms with E-state index < -0.39 is 12.1 Å². The minimum atomic E-state index is -0.803. The fourth-order valence-corrected chi connectivity index (χ4v) is 0.306. The number of ether oxygens (including phenoxy) is 1. The summed E-state index contributed by atoms with van der Waals surface area (Å²) < 4.78 is 4.43. The third kappa shape index (κ3) is 3.30. The zero-order chi connectivity index (χ0) is 7.28. The van der Waals surface area contributed by atoms with E-state index in [1.807, 2.05) is 0 Å². The minimum absolute atomic E-state index is 0.471. The van der Waals surface area contributed by atoms with Gasteiger partial charge in [0.1, 0.15) is 6.07 Å². The largest absolute Gasteiger partial charge is 0.443 e. The molecule has 0 aromatic carbocycles. The first-order chi connectivity index (χ1) is 4.20. The van der Waals surface area contributed by atoms with Gasteiger partial charge in [0.25, 0.3) is 0 Å². The second-order valence-corrected chi connectivity index (χ2v) is 1.39. The van der Waals surface area contributed by atoms with Gasteiger partial charge in [-0.05, 0) is 6.08 Å². The molecule has 0 unspecified atom stereocenters. The molecule has 0 radical (unpaired) electrons. The van der Waals surface area contributed by atoms with E-state index in [1.165, 1.54) is 13.0 Å². The van der Waals surface area contributed by atoms with Crippen LogP contribution in [-0.4, -0.2) is 12.1 Å². The van der Waals surface area contributed by atoms with E-state index in [2.05, 4.69) is 11.3 Å². The summed E-state index contributed by atoms with van der Waals surface area (Å²) in [4.78, 5) is 10.2. The van der Waals surface area contributed by atoms with Crippen molar-refractivity contribution < 1.29 is 9.53 Å². The number of carbonyl (C=O) groups excluding carboxylic acids is 1. The number of nitrogens with zero attached hydrogens (tertiary/aromatic N) is 1. The lowest BCUT2D eigenvalue weighted by molar-refractivity contribution is -0.142. The second kappa shape index (κ2) is 3.67. The molecule has 0 aromatic rings. The lowest BCUT2D eigenvalue weighted by atomic mass is 10.4. The van der Waals surface area contributed by atoms with Gasteiger partial charge in [-0.2, -0.15) is 5.26 Å². The molecule has 3 nitrogen and oxygen atoms in total. The Kier molecular flexibility index (Phi) is 3.14. The summed E-state index contributed by atoms with van der Waals surface area (Å²) in [6, 6.07) is 1.72. The molecule has 0 aliphatic carbocycles. The zero-order valence-corrected chi connectivity index (χ0v) is 5.13. The molecule has 48 valence electrons. The van der Waals surface area contributed by atoms with E-state index in [1.54, 1.807) is 6.07 Å². The third-order valence-electron chi connectivity index (χ3n) is 0.634. The van der Waals surface area contributed by atoms with E-state index in [-0.39, 0.29) is 0 Å². The number of nitriles is 1. The average molecular weight is 125 g/mol. The number of esters is 1. The molecule has 0 aliphatic rings. The van der Waals surface area contributed by atoms with Gasteiger partial charge in [0, 0.05) is 6.92 Å².